The van der Waals surface area contributed by atoms with Crippen LogP contribution < -0.4 is 15.4 Å². The van der Waals surface area contributed by atoms with E-state index in [4.69, 9.17) is 15.2 Å². The number of rotatable bonds is 5. The van der Waals surface area contributed by atoms with Crippen LogP contribution in [0.2, 0.25) is 0 Å². The molecule has 1 fully saturated rings. The van der Waals surface area contributed by atoms with Gasteiger partial charge in [0.15, 0.2) is 0 Å². The third-order valence-corrected chi connectivity index (χ3v) is 3.05. The van der Waals surface area contributed by atoms with Crippen LogP contribution in [0.3, 0.4) is 0 Å². The van der Waals surface area contributed by atoms with Gasteiger partial charge >= 0.3 is 0 Å². The molecule has 104 valence electrons. The number of morpholine rings is 1. The molecule has 1 aromatic carbocycles. The van der Waals surface area contributed by atoms with Gasteiger partial charge in [0.1, 0.15) is 12.4 Å². The van der Waals surface area contributed by atoms with Crippen molar-refractivity contribution in [1.29, 1.82) is 0 Å². The van der Waals surface area contributed by atoms with Crippen molar-refractivity contribution < 1.29 is 13.9 Å². The number of anilines is 1. The zero-order valence-electron chi connectivity index (χ0n) is 10.8. The Morgan fingerprint density at radius 2 is 2.00 bits per heavy atom. The smallest absolute Gasteiger partial charge is 0.119 e. The second-order valence-electron chi connectivity index (χ2n) is 4.35. The molecule has 1 aliphatic rings. The summed E-state index contributed by atoms with van der Waals surface area (Å²) in [6.45, 7) is 3.69. The molecule has 5 heteroatoms. The van der Waals surface area contributed by atoms with Crippen LogP contribution in [-0.2, 0) is 4.74 Å². The Kier molecular flexibility index (Phi) is 5.18. The van der Waals surface area contributed by atoms with Gasteiger partial charge in [0.2, 0.25) is 0 Å². The maximum Gasteiger partial charge on any atom is 0.119 e. The van der Waals surface area contributed by atoms with Crippen molar-refractivity contribution in [2.45, 2.75) is 0 Å². The third kappa shape index (κ3) is 3.94. The monoisotopic (exact) mass is 266 g/mol. The van der Waals surface area contributed by atoms with Crippen molar-refractivity contribution in [2.75, 3.05) is 44.4 Å². The zero-order chi connectivity index (χ0) is 13.5. The van der Waals surface area contributed by atoms with Gasteiger partial charge in [-0.25, -0.2) is 4.39 Å². The lowest BCUT2D eigenvalue weighted by molar-refractivity contribution is 0.122. The van der Waals surface area contributed by atoms with Crippen LogP contribution in [0.5, 0.6) is 5.75 Å². The normalized spacial score (nSPS) is 16.5. The SMILES string of the molecule is NC/C(=C\F)COc1ccc(N2CCOCC2)cc1. The van der Waals surface area contributed by atoms with Gasteiger partial charge in [-0.3, -0.25) is 0 Å². The maximum atomic E-state index is 12.3. The van der Waals surface area contributed by atoms with E-state index in [1.807, 2.05) is 24.3 Å². The van der Waals surface area contributed by atoms with Crippen molar-refractivity contribution in [2.24, 2.45) is 5.73 Å². The lowest BCUT2D eigenvalue weighted by Gasteiger charge is -2.28. The van der Waals surface area contributed by atoms with Gasteiger partial charge in [-0.15, -0.1) is 0 Å². The largest absolute Gasteiger partial charge is 0.489 e. The number of nitrogens with two attached hydrogens (primary N) is 1. The number of nitrogens with zero attached hydrogens (tertiary/aromatic N) is 1. The number of hydrogen-bond acceptors (Lipinski definition) is 4. The van der Waals surface area contributed by atoms with Crippen LogP contribution in [-0.4, -0.2) is 39.5 Å². The summed E-state index contributed by atoms with van der Waals surface area (Å²) in [4.78, 5) is 2.26. The van der Waals surface area contributed by atoms with Gasteiger partial charge in [-0.05, 0) is 24.3 Å². The molecule has 0 amide bonds. The average molecular weight is 266 g/mol. The lowest BCUT2D eigenvalue weighted by atomic mass is 10.2. The van der Waals surface area contributed by atoms with E-state index in [1.165, 1.54) is 0 Å². The minimum absolute atomic E-state index is 0.169. The molecule has 2 rings (SSSR count). The molecule has 0 aromatic heterocycles. The van der Waals surface area contributed by atoms with E-state index < -0.39 is 0 Å². The quantitative estimate of drug-likeness (QED) is 0.881. The van der Waals surface area contributed by atoms with Crippen LogP contribution in [0, 0.1) is 0 Å². The summed E-state index contributed by atoms with van der Waals surface area (Å²) < 4.78 is 23.1. The Balaban J connectivity index is 1.90. The first-order valence-electron chi connectivity index (χ1n) is 6.37. The van der Waals surface area contributed by atoms with E-state index in [9.17, 15) is 4.39 Å². The number of hydrogen-bond donors (Lipinski definition) is 1. The van der Waals surface area contributed by atoms with E-state index in [-0.39, 0.29) is 13.2 Å². The first kappa shape index (κ1) is 13.8. The molecule has 19 heavy (non-hydrogen) atoms. The Morgan fingerprint density at radius 1 is 1.32 bits per heavy atom. The predicted molar refractivity (Wildman–Crippen MR) is 73.2 cm³/mol. The molecule has 0 aliphatic carbocycles. The number of halogens is 1. The van der Waals surface area contributed by atoms with Crippen molar-refractivity contribution in [3.63, 3.8) is 0 Å². The minimum Gasteiger partial charge on any atom is -0.489 e. The first-order valence-corrected chi connectivity index (χ1v) is 6.37. The summed E-state index contributed by atoms with van der Waals surface area (Å²) in [5.74, 6) is 0.713. The fourth-order valence-electron chi connectivity index (χ4n) is 1.89. The molecule has 1 heterocycles. The second kappa shape index (κ2) is 7.11. The van der Waals surface area contributed by atoms with E-state index in [0.29, 0.717) is 17.7 Å². The number of ether oxygens (including phenoxy) is 2. The molecule has 0 unspecified atom stereocenters. The van der Waals surface area contributed by atoms with Gasteiger partial charge in [0, 0.05) is 30.9 Å². The zero-order valence-corrected chi connectivity index (χ0v) is 10.8. The predicted octanol–water partition coefficient (Wildman–Crippen LogP) is 1.71. The Hall–Kier alpha value is -1.59. The highest BCUT2D eigenvalue weighted by Crippen LogP contribution is 2.20. The third-order valence-electron chi connectivity index (χ3n) is 3.05. The molecule has 2 N–H and O–H groups in total. The van der Waals surface area contributed by atoms with Gasteiger partial charge < -0.3 is 20.1 Å². The van der Waals surface area contributed by atoms with Gasteiger partial charge in [-0.2, -0.15) is 0 Å². The highest BCUT2D eigenvalue weighted by Gasteiger charge is 2.10. The fraction of sp³-hybridized carbons (Fsp3) is 0.429. The Bertz CT molecular complexity index is 414. The highest BCUT2D eigenvalue weighted by molar-refractivity contribution is 5.49. The second-order valence-corrected chi connectivity index (χ2v) is 4.35. The van der Waals surface area contributed by atoms with Gasteiger partial charge in [0.25, 0.3) is 0 Å². The van der Waals surface area contributed by atoms with Crippen LogP contribution >= 0.6 is 0 Å². The summed E-state index contributed by atoms with van der Waals surface area (Å²) in [7, 11) is 0. The van der Waals surface area contributed by atoms with E-state index in [2.05, 4.69) is 4.90 Å². The molecule has 0 radical (unpaired) electrons. The molecule has 0 bridgehead atoms. The standard InChI is InChI=1S/C14H19FN2O2/c15-9-12(10-16)11-19-14-3-1-13(2-4-14)17-5-7-18-8-6-17/h1-4,9H,5-8,10-11,16H2/b12-9+. The summed E-state index contributed by atoms with van der Waals surface area (Å²) in [6.07, 6.45) is 0.502. The minimum atomic E-state index is 0.169. The lowest BCUT2D eigenvalue weighted by Crippen LogP contribution is -2.36. The van der Waals surface area contributed by atoms with E-state index in [1.54, 1.807) is 0 Å². The molecular formula is C14H19FN2O2. The van der Waals surface area contributed by atoms with Crippen LogP contribution in [0.4, 0.5) is 10.1 Å². The number of benzene rings is 1. The van der Waals surface area contributed by atoms with Gasteiger partial charge in [-0.1, -0.05) is 0 Å². The van der Waals surface area contributed by atoms with Crippen molar-refractivity contribution in [3.05, 3.63) is 36.2 Å². The molecule has 0 atom stereocenters. The molecule has 0 saturated carbocycles. The van der Waals surface area contributed by atoms with Crippen LogP contribution in [0.15, 0.2) is 36.2 Å². The molecule has 0 spiro atoms. The maximum absolute atomic E-state index is 12.3. The van der Waals surface area contributed by atoms with Gasteiger partial charge in [0.05, 0.1) is 19.5 Å². The average Bonchev–Trinajstić information content (AvgIpc) is 2.50. The Labute approximate surface area is 112 Å². The molecule has 1 aromatic rings. The summed E-state index contributed by atoms with van der Waals surface area (Å²) in [6, 6.07) is 7.78. The molecular weight excluding hydrogens is 247 g/mol. The topological polar surface area (TPSA) is 47.7 Å². The summed E-state index contributed by atoms with van der Waals surface area (Å²) in [5, 5.41) is 0. The highest BCUT2D eigenvalue weighted by atomic mass is 19.1. The fourth-order valence-corrected chi connectivity index (χ4v) is 1.89. The van der Waals surface area contributed by atoms with Crippen molar-refractivity contribution in [3.8, 4) is 5.75 Å². The van der Waals surface area contributed by atoms with E-state index in [0.717, 1.165) is 32.0 Å². The van der Waals surface area contributed by atoms with Crippen molar-refractivity contribution in [1.82, 2.24) is 0 Å². The summed E-state index contributed by atoms with van der Waals surface area (Å²) >= 11 is 0. The molecule has 4 nitrogen and oxygen atoms in total. The molecule has 1 saturated heterocycles. The van der Waals surface area contributed by atoms with Crippen LogP contribution in [0.25, 0.3) is 0 Å². The molecule has 1 aliphatic heterocycles. The van der Waals surface area contributed by atoms with E-state index >= 15 is 0 Å². The first-order chi connectivity index (χ1) is 9.33. The summed E-state index contributed by atoms with van der Waals surface area (Å²) in [5.41, 5.74) is 6.95. The Morgan fingerprint density at radius 3 is 2.58 bits per heavy atom. The van der Waals surface area contributed by atoms with Crippen molar-refractivity contribution >= 4 is 5.69 Å². The van der Waals surface area contributed by atoms with Crippen LogP contribution in [0.1, 0.15) is 0 Å².